The first-order valence-corrected chi connectivity index (χ1v) is 7.94. The predicted molar refractivity (Wildman–Crippen MR) is 82.5 cm³/mol. The van der Waals surface area contributed by atoms with Crippen LogP contribution in [0.25, 0.3) is 0 Å². The van der Waals surface area contributed by atoms with E-state index in [0.717, 1.165) is 6.42 Å². The quantitative estimate of drug-likeness (QED) is 0.905. The fourth-order valence-electron chi connectivity index (χ4n) is 2.90. The summed E-state index contributed by atoms with van der Waals surface area (Å²) in [6, 6.07) is 1.71. The number of nitrogens with two attached hydrogens (primary N) is 1. The van der Waals surface area contributed by atoms with Crippen LogP contribution in [-0.4, -0.2) is 42.5 Å². The maximum Gasteiger partial charge on any atom is 0.263 e. The third-order valence-corrected chi connectivity index (χ3v) is 5.29. The molecule has 1 aliphatic rings. The van der Waals surface area contributed by atoms with Gasteiger partial charge in [-0.3, -0.25) is 9.59 Å². The lowest BCUT2D eigenvalue weighted by atomic mass is 9.64. The number of amides is 2. The van der Waals surface area contributed by atoms with Crippen molar-refractivity contribution in [2.75, 3.05) is 13.7 Å². The Balaban J connectivity index is 2.08. The van der Waals surface area contributed by atoms with Crippen molar-refractivity contribution in [3.63, 3.8) is 0 Å². The molecule has 2 atom stereocenters. The second kappa shape index (κ2) is 5.77. The molecular weight excluding hydrogens is 288 g/mol. The highest BCUT2D eigenvalue weighted by Crippen LogP contribution is 2.45. The van der Waals surface area contributed by atoms with E-state index in [-0.39, 0.29) is 23.5 Å². The third-order valence-electron chi connectivity index (χ3n) is 4.38. The molecule has 116 valence electrons. The molecule has 1 saturated carbocycles. The number of carbonyl (C=O) groups excluding carboxylic acids is 2. The molecule has 1 aromatic rings. The van der Waals surface area contributed by atoms with E-state index in [0.29, 0.717) is 17.0 Å². The summed E-state index contributed by atoms with van der Waals surface area (Å²) in [5.74, 6) is -0.575. The number of rotatable bonds is 5. The highest BCUT2D eigenvalue weighted by molar-refractivity contribution is 7.12. The van der Waals surface area contributed by atoms with Crippen LogP contribution < -0.4 is 5.73 Å². The topological polar surface area (TPSA) is 72.6 Å². The summed E-state index contributed by atoms with van der Waals surface area (Å²) in [5, 5.41) is 1.62. The summed E-state index contributed by atoms with van der Waals surface area (Å²) in [6.45, 7) is 6.91. The van der Waals surface area contributed by atoms with Crippen LogP contribution in [0.3, 0.4) is 0 Å². The molecule has 1 heterocycles. The van der Waals surface area contributed by atoms with E-state index in [9.17, 15) is 9.59 Å². The van der Waals surface area contributed by atoms with Gasteiger partial charge in [0, 0.05) is 30.5 Å². The van der Waals surface area contributed by atoms with Crippen molar-refractivity contribution in [3.05, 3.63) is 21.9 Å². The zero-order valence-electron chi connectivity index (χ0n) is 12.9. The van der Waals surface area contributed by atoms with Crippen LogP contribution in [0.2, 0.25) is 0 Å². The number of nitrogens with zero attached hydrogens (tertiary/aromatic N) is 1. The summed E-state index contributed by atoms with van der Waals surface area (Å²) in [7, 11) is 1.81. The van der Waals surface area contributed by atoms with E-state index in [1.165, 1.54) is 11.3 Å². The van der Waals surface area contributed by atoms with Crippen molar-refractivity contribution in [2.24, 2.45) is 11.1 Å². The third kappa shape index (κ3) is 2.82. The van der Waals surface area contributed by atoms with Gasteiger partial charge in [-0.25, -0.2) is 0 Å². The van der Waals surface area contributed by atoms with E-state index < -0.39 is 5.91 Å². The Labute approximate surface area is 129 Å². The lowest BCUT2D eigenvalue weighted by molar-refractivity contribution is -0.136. The van der Waals surface area contributed by atoms with Gasteiger partial charge in [0.2, 0.25) is 5.91 Å². The molecular formula is C15H22N2O3S. The summed E-state index contributed by atoms with van der Waals surface area (Å²) >= 11 is 1.25. The highest BCUT2D eigenvalue weighted by Gasteiger charge is 2.51. The fourth-order valence-corrected chi connectivity index (χ4v) is 3.78. The number of carbonyl (C=O) groups is 2. The minimum absolute atomic E-state index is 0.0653. The van der Waals surface area contributed by atoms with Crippen molar-refractivity contribution in [3.8, 4) is 0 Å². The average Bonchev–Trinajstić information content (AvgIpc) is 2.91. The number of hydrogen-bond acceptors (Lipinski definition) is 4. The molecule has 2 N–H and O–H groups in total. The molecule has 0 spiro atoms. The van der Waals surface area contributed by atoms with Gasteiger partial charge in [-0.2, -0.15) is 0 Å². The smallest absolute Gasteiger partial charge is 0.263 e. The van der Waals surface area contributed by atoms with Crippen LogP contribution >= 0.6 is 11.3 Å². The van der Waals surface area contributed by atoms with Crippen molar-refractivity contribution in [1.29, 1.82) is 0 Å². The fraction of sp³-hybridized carbons (Fsp3) is 0.600. The van der Waals surface area contributed by atoms with Gasteiger partial charge in [-0.15, -0.1) is 11.3 Å². The molecule has 0 bridgehead atoms. The first-order valence-electron chi connectivity index (χ1n) is 7.06. The SMILES string of the molecule is CCO[C@H]1C[C@H](N(C)C(=O)c2cc(C(N)=O)cs2)C1(C)C. The predicted octanol–water partition coefficient (Wildman–Crippen LogP) is 2.12. The largest absolute Gasteiger partial charge is 0.378 e. The number of thiophene rings is 1. The second-order valence-corrected chi connectivity index (χ2v) is 6.91. The highest BCUT2D eigenvalue weighted by atomic mass is 32.1. The van der Waals surface area contributed by atoms with Crippen LogP contribution in [0.5, 0.6) is 0 Å². The van der Waals surface area contributed by atoms with Gasteiger partial charge >= 0.3 is 0 Å². The number of hydrogen-bond donors (Lipinski definition) is 1. The van der Waals surface area contributed by atoms with Gasteiger partial charge in [0.1, 0.15) is 0 Å². The summed E-state index contributed by atoms with van der Waals surface area (Å²) in [4.78, 5) is 25.9. The summed E-state index contributed by atoms with van der Waals surface area (Å²) in [5.41, 5.74) is 5.54. The van der Waals surface area contributed by atoms with E-state index >= 15 is 0 Å². The van der Waals surface area contributed by atoms with E-state index in [1.54, 1.807) is 23.4 Å². The Morgan fingerprint density at radius 1 is 1.52 bits per heavy atom. The molecule has 0 radical (unpaired) electrons. The molecule has 21 heavy (non-hydrogen) atoms. The summed E-state index contributed by atoms with van der Waals surface area (Å²) in [6.07, 6.45) is 1.03. The van der Waals surface area contributed by atoms with E-state index in [2.05, 4.69) is 13.8 Å². The minimum Gasteiger partial charge on any atom is -0.378 e. The lowest BCUT2D eigenvalue weighted by Gasteiger charge is -2.54. The minimum atomic E-state index is -0.506. The van der Waals surface area contributed by atoms with Gasteiger partial charge in [-0.05, 0) is 19.4 Å². The van der Waals surface area contributed by atoms with Crippen LogP contribution in [0, 0.1) is 5.41 Å². The average molecular weight is 310 g/mol. The van der Waals surface area contributed by atoms with E-state index in [1.807, 2.05) is 6.92 Å². The molecule has 0 aromatic carbocycles. The Kier molecular flexibility index (Phi) is 4.39. The Morgan fingerprint density at radius 2 is 2.19 bits per heavy atom. The number of primary amides is 1. The first-order chi connectivity index (χ1) is 9.78. The maximum absolute atomic E-state index is 12.5. The molecule has 6 heteroatoms. The molecule has 2 rings (SSSR count). The lowest BCUT2D eigenvalue weighted by Crippen LogP contribution is -2.62. The first kappa shape index (κ1) is 16.0. The normalized spacial score (nSPS) is 23.4. The zero-order valence-corrected chi connectivity index (χ0v) is 13.7. The molecule has 1 aliphatic carbocycles. The maximum atomic E-state index is 12.5. The van der Waals surface area contributed by atoms with Crippen molar-refractivity contribution in [1.82, 2.24) is 4.90 Å². The van der Waals surface area contributed by atoms with Crippen LogP contribution in [0.15, 0.2) is 11.4 Å². The van der Waals surface area contributed by atoms with Crippen LogP contribution in [0.1, 0.15) is 47.2 Å². The second-order valence-electron chi connectivity index (χ2n) is 6.00. The molecule has 1 aromatic heterocycles. The van der Waals surface area contributed by atoms with Gasteiger partial charge in [0.15, 0.2) is 0 Å². The Morgan fingerprint density at radius 3 is 2.67 bits per heavy atom. The van der Waals surface area contributed by atoms with Crippen molar-refractivity contribution < 1.29 is 14.3 Å². The standard InChI is InChI=1S/C15H22N2O3S/c1-5-20-12-7-11(15(12,2)3)17(4)14(19)10-6-9(8-21-10)13(16)18/h6,8,11-12H,5,7H2,1-4H3,(H2,16,18)/t11-,12-/m0/s1. The van der Waals surface area contributed by atoms with Crippen molar-refractivity contribution >= 4 is 23.2 Å². The van der Waals surface area contributed by atoms with Gasteiger partial charge in [0.05, 0.1) is 16.5 Å². The monoisotopic (exact) mass is 310 g/mol. The Hall–Kier alpha value is -1.40. The Bertz CT molecular complexity index is 553. The van der Waals surface area contributed by atoms with Gasteiger partial charge < -0.3 is 15.4 Å². The van der Waals surface area contributed by atoms with Gasteiger partial charge in [0.25, 0.3) is 5.91 Å². The van der Waals surface area contributed by atoms with Crippen LogP contribution in [-0.2, 0) is 4.74 Å². The zero-order chi connectivity index (χ0) is 15.8. The molecule has 2 amide bonds. The van der Waals surface area contributed by atoms with E-state index in [4.69, 9.17) is 10.5 Å². The molecule has 0 aliphatic heterocycles. The summed E-state index contributed by atoms with van der Waals surface area (Å²) < 4.78 is 5.70. The number of ether oxygens (including phenoxy) is 1. The molecule has 5 nitrogen and oxygen atoms in total. The van der Waals surface area contributed by atoms with Gasteiger partial charge in [-0.1, -0.05) is 13.8 Å². The molecule has 1 fully saturated rings. The molecule has 0 saturated heterocycles. The molecule has 0 unspecified atom stereocenters. The van der Waals surface area contributed by atoms with Crippen LogP contribution in [0.4, 0.5) is 0 Å². The van der Waals surface area contributed by atoms with Crippen molar-refractivity contribution in [2.45, 2.75) is 39.3 Å².